The standard InChI is InChI=1S/C16H12ClF3N2O2/c17-15-9(2-1-3-11(15)16(18,19)20)6-14(23)22-12-8-24-13-7-21-5-4-10(12)13/h1-5,7,12H,6,8H2,(H,22,23). The van der Waals surface area contributed by atoms with E-state index in [0.29, 0.717) is 5.75 Å². The van der Waals surface area contributed by atoms with Gasteiger partial charge in [-0.25, -0.2) is 0 Å². The number of pyridine rings is 1. The topological polar surface area (TPSA) is 51.2 Å². The molecular formula is C16H12ClF3N2O2. The molecule has 1 amide bonds. The van der Waals surface area contributed by atoms with E-state index in [1.807, 2.05) is 0 Å². The van der Waals surface area contributed by atoms with Gasteiger partial charge in [-0.15, -0.1) is 0 Å². The average molecular weight is 357 g/mol. The first kappa shape index (κ1) is 16.6. The van der Waals surface area contributed by atoms with Crippen molar-refractivity contribution in [1.82, 2.24) is 10.3 Å². The van der Waals surface area contributed by atoms with Gasteiger partial charge in [0.2, 0.25) is 5.91 Å². The summed E-state index contributed by atoms with van der Waals surface area (Å²) in [7, 11) is 0. The Labute approximate surface area is 140 Å². The summed E-state index contributed by atoms with van der Waals surface area (Å²) < 4.78 is 44.0. The average Bonchev–Trinajstić information content (AvgIpc) is 2.91. The summed E-state index contributed by atoms with van der Waals surface area (Å²) in [6.07, 6.45) is -1.68. The lowest BCUT2D eigenvalue weighted by Crippen LogP contribution is -2.30. The van der Waals surface area contributed by atoms with Crippen LogP contribution in [0.4, 0.5) is 13.2 Å². The molecule has 1 N–H and O–H groups in total. The minimum absolute atomic E-state index is 0.123. The largest absolute Gasteiger partial charge is 0.489 e. The number of carbonyl (C=O) groups excluding carboxylic acids is 1. The maximum atomic E-state index is 12.9. The lowest BCUT2D eigenvalue weighted by atomic mass is 10.1. The van der Waals surface area contributed by atoms with Gasteiger partial charge in [0.15, 0.2) is 0 Å². The fraction of sp³-hybridized carbons (Fsp3) is 0.250. The van der Waals surface area contributed by atoms with Crippen LogP contribution in [0.25, 0.3) is 0 Å². The Morgan fingerprint density at radius 1 is 1.38 bits per heavy atom. The van der Waals surface area contributed by atoms with Gasteiger partial charge >= 0.3 is 6.18 Å². The van der Waals surface area contributed by atoms with E-state index in [1.54, 1.807) is 18.5 Å². The summed E-state index contributed by atoms with van der Waals surface area (Å²) in [4.78, 5) is 16.1. The van der Waals surface area contributed by atoms with Crippen molar-refractivity contribution < 1.29 is 22.7 Å². The second-order valence-electron chi connectivity index (χ2n) is 5.30. The number of nitrogens with one attached hydrogen (secondary N) is 1. The monoisotopic (exact) mass is 356 g/mol. The number of nitrogens with zero attached hydrogens (tertiary/aromatic N) is 1. The van der Waals surface area contributed by atoms with E-state index >= 15 is 0 Å². The molecule has 0 radical (unpaired) electrons. The number of carbonyl (C=O) groups is 1. The molecule has 0 saturated carbocycles. The molecule has 1 aliphatic heterocycles. The lowest BCUT2D eigenvalue weighted by Gasteiger charge is -2.14. The number of amides is 1. The van der Waals surface area contributed by atoms with Crippen molar-refractivity contribution in [2.75, 3.05) is 6.61 Å². The highest BCUT2D eigenvalue weighted by molar-refractivity contribution is 6.32. The normalized spacial score (nSPS) is 16.4. The summed E-state index contributed by atoms with van der Waals surface area (Å²) in [6.45, 7) is 0.253. The molecule has 8 heteroatoms. The third-order valence-electron chi connectivity index (χ3n) is 3.67. The number of hydrogen-bond acceptors (Lipinski definition) is 3. The fourth-order valence-electron chi connectivity index (χ4n) is 2.54. The second-order valence-corrected chi connectivity index (χ2v) is 5.68. The Balaban J connectivity index is 1.73. The molecule has 2 heterocycles. The van der Waals surface area contributed by atoms with Crippen LogP contribution in [0.1, 0.15) is 22.7 Å². The van der Waals surface area contributed by atoms with E-state index in [4.69, 9.17) is 16.3 Å². The van der Waals surface area contributed by atoms with Crippen LogP contribution in [0.15, 0.2) is 36.7 Å². The number of ether oxygens (including phenoxy) is 1. The van der Waals surface area contributed by atoms with Gasteiger partial charge < -0.3 is 10.1 Å². The van der Waals surface area contributed by atoms with Crippen molar-refractivity contribution in [3.05, 3.63) is 58.4 Å². The maximum absolute atomic E-state index is 12.9. The first-order valence-electron chi connectivity index (χ1n) is 7.07. The minimum atomic E-state index is -4.56. The Bertz CT molecular complexity index is 780. The number of aromatic nitrogens is 1. The van der Waals surface area contributed by atoms with E-state index < -0.39 is 22.7 Å². The fourth-order valence-corrected chi connectivity index (χ4v) is 2.84. The van der Waals surface area contributed by atoms with Crippen LogP contribution in [0.5, 0.6) is 5.75 Å². The number of halogens is 4. The molecule has 1 aliphatic rings. The zero-order chi connectivity index (χ0) is 17.3. The van der Waals surface area contributed by atoms with Crippen molar-refractivity contribution in [3.63, 3.8) is 0 Å². The summed E-state index contributed by atoms with van der Waals surface area (Å²) in [5.74, 6) is 0.148. The van der Waals surface area contributed by atoms with Crippen LogP contribution in [0.2, 0.25) is 5.02 Å². The highest BCUT2D eigenvalue weighted by Gasteiger charge is 2.34. The SMILES string of the molecule is O=C(Cc1cccc(C(F)(F)F)c1Cl)NC1COc2cnccc21. The van der Waals surface area contributed by atoms with Gasteiger partial charge in [-0.1, -0.05) is 23.7 Å². The summed E-state index contributed by atoms with van der Waals surface area (Å²) in [5, 5.41) is 2.29. The summed E-state index contributed by atoms with van der Waals surface area (Å²) in [5.41, 5.74) is -0.0403. The predicted molar refractivity (Wildman–Crippen MR) is 80.8 cm³/mol. The third-order valence-corrected chi connectivity index (χ3v) is 4.11. The number of benzene rings is 1. The highest BCUT2D eigenvalue weighted by Crippen LogP contribution is 2.36. The van der Waals surface area contributed by atoms with Crippen molar-refractivity contribution in [2.45, 2.75) is 18.6 Å². The molecule has 126 valence electrons. The van der Waals surface area contributed by atoms with Crippen LogP contribution in [0, 0.1) is 0 Å². The first-order chi connectivity index (χ1) is 11.4. The molecule has 1 atom stereocenters. The van der Waals surface area contributed by atoms with Gasteiger partial charge in [-0.2, -0.15) is 13.2 Å². The van der Waals surface area contributed by atoms with Gasteiger partial charge in [-0.05, 0) is 17.7 Å². The number of fused-ring (bicyclic) bond motifs is 1. The molecule has 0 saturated heterocycles. The lowest BCUT2D eigenvalue weighted by molar-refractivity contribution is -0.137. The molecule has 1 aromatic heterocycles. The number of alkyl halides is 3. The number of hydrogen-bond donors (Lipinski definition) is 1. The molecule has 24 heavy (non-hydrogen) atoms. The van der Waals surface area contributed by atoms with Crippen molar-refractivity contribution in [1.29, 1.82) is 0 Å². The van der Waals surface area contributed by atoms with Crippen molar-refractivity contribution >= 4 is 17.5 Å². The number of rotatable bonds is 3. The second kappa shape index (κ2) is 6.32. The molecule has 0 bridgehead atoms. The maximum Gasteiger partial charge on any atom is 0.417 e. The van der Waals surface area contributed by atoms with Crippen LogP contribution in [-0.2, 0) is 17.4 Å². The minimum Gasteiger partial charge on any atom is -0.489 e. The van der Waals surface area contributed by atoms with Crippen LogP contribution >= 0.6 is 11.6 Å². The quantitative estimate of drug-likeness (QED) is 0.915. The summed E-state index contributed by atoms with van der Waals surface area (Å²) >= 11 is 5.80. The van der Waals surface area contributed by atoms with Gasteiger partial charge in [0, 0.05) is 11.8 Å². The Kier molecular flexibility index (Phi) is 4.36. The van der Waals surface area contributed by atoms with E-state index in [9.17, 15) is 18.0 Å². The van der Waals surface area contributed by atoms with E-state index in [1.165, 1.54) is 12.1 Å². The highest BCUT2D eigenvalue weighted by atomic mass is 35.5. The molecule has 4 nitrogen and oxygen atoms in total. The third kappa shape index (κ3) is 3.31. The van der Waals surface area contributed by atoms with E-state index in [0.717, 1.165) is 11.6 Å². The molecule has 0 spiro atoms. The molecule has 3 rings (SSSR count). The van der Waals surface area contributed by atoms with Crippen molar-refractivity contribution in [3.8, 4) is 5.75 Å². The first-order valence-corrected chi connectivity index (χ1v) is 7.44. The van der Waals surface area contributed by atoms with Crippen LogP contribution < -0.4 is 10.1 Å². The van der Waals surface area contributed by atoms with Gasteiger partial charge in [0.05, 0.1) is 29.2 Å². The molecular weight excluding hydrogens is 345 g/mol. The molecule has 0 aliphatic carbocycles. The van der Waals surface area contributed by atoms with Gasteiger partial charge in [0.25, 0.3) is 0 Å². The molecule has 1 unspecified atom stereocenters. The molecule has 1 aromatic carbocycles. The zero-order valence-corrected chi connectivity index (χ0v) is 13.0. The van der Waals surface area contributed by atoms with Gasteiger partial charge in [0.1, 0.15) is 12.4 Å². The van der Waals surface area contributed by atoms with Crippen molar-refractivity contribution in [2.24, 2.45) is 0 Å². The zero-order valence-electron chi connectivity index (χ0n) is 12.2. The summed E-state index contributed by atoms with van der Waals surface area (Å²) in [6, 6.07) is 4.89. The molecule has 2 aromatic rings. The van der Waals surface area contributed by atoms with Crippen LogP contribution in [0.3, 0.4) is 0 Å². The van der Waals surface area contributed by atoms with E-state index in [-0.39, 0.29) is 24.6 Å². The van der Waals surface area contributed by atoms with Gasteiger partial charge in [-0.3, -0.25) is 9.78 Å². The predicted octanol–water partition coefficient (Wildman–Crippen LogP) is 3.55. The van der Waals surface area contributed by atoms with E-state index in [2.05, 4.69) is 10.3 Å². The Morgan fingerprint density at radius 3 is 2.92 bits per heavy atom. The smallest absolute Gasteiger partial charge is 0.417 e. The molecule has 0 fully saturated rings. The Morgan fingerprint density at radius 2 is 2.17 bits per heavy atom. The van der Waals surface area contributed by atoms with Crippen LogP contribution in [-0.4, -0.2) is 17.5 Å². The Hall–Kier alpha value is -2.28.